The van der Waals surface area contributed by atoms with Gasteiger partial charge in [0.15, 0.2) is 0 Å². The second-order valence-electron chi connectivity index (χ2n) is 3.91. The largest absolute Gasteiger partial charge is 0.395 e. The third-order valence-corrected chi connectivity index (χ3v) is 2.83. The number of aliphatic hydroxyl groups excluding tert-OH is 1. The van der Waals surface area contributed by atoms with Crippen molar-refractivity contribution in [2.75, 3.05) is 44.2 Å². The van der Waals surface area contributed by atoms with Gasteiger partial charge in [0.05, 0.1) is 6.61 Å². The fourth-order valence-electron chi connectivity index (χ4n) is 1.88. The van der Waals surface area contributed by atoms with Crippen molar-refractivity contribution in [2.24, 2.45) is 0 Å². The molecule has 0 bridgehead atoms. The van der Waals surface area contributed by atoms with Gasteiger partial charge in [0.2, 0.25) is 5.95 Å². The first-order valence-corrected chi connectivity index (χ1v) is 5.65. The molecule has 0 atom stereocenters. The van der Waals surface area contributed by atoms with Gasteiger partial charge in [-0.2, -0.15) is 5.26 Å². The quantitative estimate of drug-likeness (QED) is 0.756. The minimum absolute atomic E-state index is 0.195. The van der Waals surface area contributed by atoms with Crippen LogP contribution in [0, 0.1) is 11.3 Å². The molecule has 2 heterocycles. The maximum Gasteiger partial charge on any atom is 0.226 e. The van der Waals surface area contributed by atoms with E-state index in [1.165, 1.54) is 0 Å². The van der Waals surface area contributed by atoms with Crippen LogP contribution in [-0.4, -0.2) is 59.3 Å². The highest BCUT2D eigenvalue weighted by Gasteiger charge is 2.18. The molecular weight excluding hydrogens is 218 g/mol. The van der Waals surface area contributed by atoms with Crippen LogP contribution in [-0.2, 0) is 0 Å². The molecule has 0 radical (unpaired) electrons. The SMILES string of the molecule is N#Cc1ccnc(N2CCN(CCO)CC2)n1. The third kappa shape index (κ3) is 2.90. The standard InChI is InChI=1S/C11H15N5O/c12-9-10-1-2-13-11(14-10)16-5-3-15(4-6-16)7-8-17/h1-2,17H,3-8H2. The number of rotatable bonds is 3. The highest BCUT2D eigenvalue weighted by atomic mass is 16.3. The lowest BCUT2D eigenvalue weighted by atomic mass is 10.3. The molecule has 0 aromatic carbocycles. The summed E-state index contributed by atoms with van der Waals surface area (Å²) < 4.78 is 0. The molecule has 0 spiro atoms. The molecule has 1 aliphatic rings. The zero-order valence-corrected chi connectivity index (χ0v) is 9.58. The first-order valence-electron chi connectivity index (χ1n) is 5.65. The van der Waals surface area contributed by atoms with Crippen LogP contribution in [0.15, 0.2) is 12.3 Å². The van der Waals surface area contributed by atoms with E-state index < -0.39 is 0 Å². The summed E-state index contributed by atoms with van der Waals surface area (Å²) in [6.45, 7) is 4.35. The summed E-state index contributed by atoms with van der Waals surface area (Å²) in [5, 5.41) is 17.6. The normalized spacial score (nSPS) is 16.8. The summed E-state index contributed by atoms with van der Waals surface area (Å²) >= 11 is 0. The smallest absolute Gasteiger partial charge is 0.226 e. The molecule has 90 valence electrons. The van der Waals surface area contributed by atoms with Gasteiger partial charge in [-0.05, 0) is 6.07 Å². The van der Waals surface area contributed by atoms with E-state index in [9.17, 15) is 0 Å². The number of aliphatic hydroxyl groups is 1. The molecule has 1 aliphatic heterocycles. The van der Waals surface area contributed by atoms with E-state index in [-0.39, 0.29) is 6.61 Å². The number of aromatic nitrogens is 2. The van der Waals surface area contributed by atoms with E-state index in [0.29, 0.717) is 18.2 Å². The molecule has 6 nitrogen and oxygen atoms in total. The van der Waals surface area contributed by atoms with Gasteiger partial charge in [0.1, 0.15) is 11.8 Å². The molecule has 0 aliphatic carbocycles. The van der Waals surface area contributed by atoms with Gasteiger partial charge in [-0.15, -0.1) is 0 Å². The molecule has 0 unspecified atom stereocenters. The number of nitriles is 1. The van der Waals surface area contributed by atoms with E-state index in [1.807, 2.05) is 6.07 Å². The lowest BCUT2D eigenvalue weighted by molar-refractivity contribution is 0.188. The van der Waals surface area contributed by atoms with Crippen LogP contribution in [0.5, 0.6) is 0 Å². The monoisotopic (exact) mass is 233 g/mol. The Morgan fingerprint density at radius 2 is 2.12 bits per heavy atom. The molecule has 1 saturated heterocycles. The summed E-state index contributed by atoms with van der Waals surface area (Å²) in [6, 6.07) is 3.62. The third-order valence-electron chi connectivity index (χ3n) is 2.83. The van der Waals surface area contributed by atoms with Crippen molar-refractivity contribution in [1.82, 2.24) is 14.9 Å². The topological polar surface area (TPSA) is 76.3 Å². The van der Waals surface area contributed by atoms with Crippen LogP contribution >= 0.6 is 0 Å². The molecule has 2 rings (SSSR count). The Labute approximate surface area is 100 Å². The second-order valence-corrected chi connectivity index (χ2v) is 3.91. The van der Waals surface area contributed by atoms with Crippen molar-refractivity contribution in [2.45, 2.75) is 0 Å². The summed E-state index contributed by atoms with van der Waals surface area (Å²) in [5.74, 6) is 0.618. The molecule has 1 fully saturated rings. The highest BCUT2D eigenvalue weighted by molar-refractivity contribution is 5.34. The Bertz CT molecular complexity index is 409. The van der Waals surface area contributed by atoms with Gasteiger partial charge in [-0.3, -0.25) is 4.90 Å². The number of β-amino-alcohol motifs (C(OH)–C–C–N with tert-alkyl or cyclic N) is 1. The molecule has 1 aromatic heterocycles. The van der Waals surface area contributed by atoms with Crippen molar-refractivity contribution < 1.29 is 5.11 Å². The van der Waals surface area contributed by atoms with Crippen LogP contribution in [0.3, 0.4) is 0 Å². The zero-order valence-electron chi connectivity index (χ0n) is 9.58. The van der Waals surface area contributed by atoms with Gasteiger partial charge in [0.25, 0.3) is 0 Å². The van der Waals surface area contributed by atoms with Crippen molar-refractivity contribution in [3.8, 4) is 6.07 Å². The van der Waals surface area contributed by atoms with Crippen molar-refractivity contribution in [3.05, 3.63) is 18.0 Å². The van der Waals surface area contributed by atoms with E-state index in [1.54, 1.807) is 12.3 Å². The van der Waals surface area contributed by atoms with Crippen LogP contribution in [0.1, 0.15) is 5.69 Å². The lowest BCUT2D eigenvalue weighted by Crippen LogP contribution is -2.47. The maximum absolute atomic E-state index is 8.85. The minimum Gasteiger partial charge on any atom is -0.395 e. The Kier molecular flexibility index (Phi) is 3.85. The summed E-state index contributed by atoms with van der Waals surface area (Å²) in [6.07, 6.45) is 1.61. The Balaban J connectivity index is 1.98. The fourth-order valence-corrected chi connectivity index (χ4v) is 1.88. The van der Waals surface area contributed by atoms with Crippen molar-refractivity contribution in [3.63, 3.8) is 0 Å². The average Bonchev–Trinajstić information content (AvgIpc) is 2.40. The Morgan fingerprint density at radius 1 is 1.35 bits per heavy atom. The van der Waals surface area contributed by atoms with E-state index >= 15 is 0 Å². The lowest BCUT2D eigenvalue weighted by Gasteiger charge is -2.34. The molecule has 6 heteroatoms. The van der Waals surface area contributed by atoms with Crippen molar-refractivity contribution >= 4 is 5.95 Å². The zero-order chi connectivity index (χ0) is 12.1. The molecule has 0 amide bonds. The molecular formula is C11H15N5O. The highest BCUT2D eigenvalue weighted by Crippen LogP contribution is 2.10. The second kappa shape index (κ2) is 5.57. The van der Waals surface area contributed by atoms with Gasteiger partial charge in [0, 0.05) is 38.9 Å². The predicted molar refractivity (Wildman–Crippen MR) is 62.5 cm³/mol. The first-order chi connectivity index (χ1) is 8.33. The van der Waals surface area contributed by atoms with Crippen LogP contribution < -0.4 is 4.90 Å². The molecule has 0 saturated carbocycles. The average molecular weight is 233 g/mol. The maximum atomic E-state index is 8.85. The summed E-state index contributed by atoms with van der Waals surface area (Å²) in [7, 11) is 0. The van der Waals surface area contributed by atoms with E-state index in [4.69, 9.17) is 10.4 Å². The van der Waals surface area contributed by atoms with E-state index in [0.717, 1.165) is 26.2 Å². The number of hydrogen-bond donors (Lipinski definition) is 1. The van der Waals surface area contributed by atoms with Crippen LogP contribution in [0.4, 0.5) is 5.95 Å². The number of piperazine rings is 1. The number of hydrogen-bond acceptors (Lipinski definition) is 6. The first kappa shape index (κ1) is 11.8. The van der Waals surface area contributed by atoms with Crippen LogP contribution in [0.2, 0.25) is 0 Å². The summed E-state index contributed by atoms with van der Waals surface area (Å²) in [4.78, 5) is 12.6. The predicted octanol–water partition coefficient (Wildman–Crippen LogP) is -0.537. The number of nitrogens with zero attached hydrogens (tertiary/aromatic N) is 5. The molecule has 17 heavy (non-hydrogen) atoms. The fraction of sp³-hybridized carbons (Fsp3) is 0.545. The van der Waals surface area contributed by atoms with E-state index in [2.05, 4.69) is 19.8 Å². The number of anilines is 1. The van der Waals surface area contributed by atoms with Gasteiger partial charge in [-0.25, -0.2) is 9.97 Å². The Morgan fingerprint density at radius 3 is 2.76 bits per heavy atom. The van der Waals surface area contributed by atoms with Gasteiger partial charge < -0.3 is 10.0 Å². The Hall–Kier alpha value is -1.71. The van der Waals surface area contributed by atoms with Crippen LogP contribution in [0.25, 0.3) is 0 Å². The van der Waals surface area contributed by atoms with Gasteiger partial charge >= 0.3 is 0 Å². The minimum atomic E-state index is 0.195. The van der Waals surface area contributed by atoms with Gasteiger partial charge in [-0.1, -0.05) is 0 Å². The molecule has 1 N–H and O–H groups in total. The summed E-state index contributed by atoms with van der Waals surface area (Å²) in [5.41, 5.74) is 0.396. The van der Waals surface area contributed by atoms with Crippen molar-refractivity contribution in [1.29, 1.82) is 5.26 Å². The molecule has 1 aromatic rings.